The summed E-state index contributed by atoms with van der Waals surface area (Å²) in [6.45, 7) is 1.43. The Morgan fingerprint density at radius 2 is 1.45 bits per heavy atom. The van der Waals surface area contributed by atoms with E-state index < -0.39 is 115 Å². The number of aliphatic imine (C=N–C) groups is 1. The number of hydrogen-bond acceptors (Lipinski definition) is 16. The minimum Gasteiger partial charge on any atom is -0.481 e. The van der Waals surface area contributed by atoms with Gasteiger partial charge in [0.1, 0.15) is 30.5 Å². The molecule has 0 saturated carbocycles. The summed E-state index contributed by atoms with van der Waals surface area (Å²) in [5.74, 6) is -9.51. The minimum absolute atomic E-state index is 0.0137. The van der Waals surface area contributed by atoms with Gasteiger partial charge in [-0.05, 0) is 50.5 Å². The second-order valence-corrected chi connectivity index (χ2v) is 14.0. The predicted molar refractivity (Wildman–Crippen MR) is 223 cm³/mol. The van der Waals surface area contributed by atoms with Gasteiger partial charge in [-0.25, -0.2) is 14.8 Å². The SMILES string of the molecule is C[C@H](CC(=O)O)NC(=O)[C@H](CC(=O)O)NC(=O)[C@H](CCCN=C(N)N)NC(=O)[C@H](CC=O)NC(=O)CC[C@H](NC(=O)c1ccc(NCc2cnc3nc(N)[nH]c(=O)c3n2)cc1)C(=O)O. The van der Waals surface area contributed by atoms with Crippen LogP contribution in [0.3, 0.4) is 0 Å². The number of anilines is 2. The molecule has 27 nitrogen and oxygen atoms in total. The number of fused-ring (bicyclic) bond motifs is 1. The van der Waals surface area contributed by atoms with Crippen molar-refractivity contribution in [2.24, 2.45) is 16.5 Å². The first kappa shape index (κ1) is 50.1. The lowest BCUT2D eigenvalue weighted by Crippen LogP contribution is -2.57. The van der Waals surface area contributed by atoms with Crippen LogP contribution in [0.4, 0.5) is 11.6 Å². The van der Waals surface area contributed by atoms with Crippen LogP contribution in [0.15, 0.2) is 40.2 Å². The number of benzene rings is 1. The maximum Gasteiger partial charge on any atom is 0.326 e. The van der Waals surface area contributed by atoms with Crippen LogP contribution in [0, 0.1) is 0 Å². The van der Waals surface area contributed by atoms with Gasteiger partial charge >= 0.3 is 17.9 Å². The van der Waals surface area contributed by atoms with Crippen molar-refractivity contribution in [3.63, 3.8) is 0 Å². The van der Waals surface area contributed by atoms with Crippen LogP contribution < -0.4 is 54.7 Å². The number of nitrogens with one attached hydrogen (secondary N) is 7. The van der Waals surface area contributed by atoms with Crippen LogP contribution in [0.1, 0.15) is 67.9 Å². The molecule has 64 heavy (non-hydrogen) atoms. The summed E-state index contributed by atoms with van der Waals surface area (Å²) in [5, 5.41) is 42.7. The van der Waals surface area contributed by atoms with E-state index in [0.717, 1.165) is 0 Å². The average molecular weight is 897 g/mol. The molecule has 0 aliphatic rings. The third kappa shape index (κ3) is 16.7. The quantitative estimate of drug-likeness (QED) is 0.0160. The maximum atomic E-state index is 13.4. The van der Waals surface area contributed by atoms with Crippen molar-refractivity contribution in [2.75, 3.05) is 17.6 Å². The number of aromatic nitrogens is 4. The van der Waals surface area contributed by atoms with Gasteiger partial charge in [0.05, 0.1) is 31.3 Å². The second-order valence-electron chi connectivity index (χ2n) is 14.0. The van der Waals surface area contributed by atoms with Gasteiger partial charge in [0.15, 0.2) is 17.1 Å². The summed E-state index contributed by atoms with van der Waals surface area (Å²) in [6.07, 6.45) is -1.55. The van der Waals surface area contributed by atoms with Crippen molar-refractivity contribution in [1.82, 2.24) is 46.5 Å². The number of nitrogens with zero attached hydrogens (tertiary/aromatic N) is 4. The monoisotopic (exact) mass is 896 g/mol. The highest BCUT2D eigenvalue weighted by Gasteiger charge is 2.31. The number of H-pyrrole nitrogens is 1. The normalized spacial score (nSPS) is 13.1. The van der Waals surface area contributed by atoms with Crippen molar-refractivity contribution in [1.29, 1.82) is 0 Å². The third-order valence-electron chi connectivity index (χ3n) is 8.81. The van der Waals surface area contributed by atoms with E-state index >= 15 is 0 Å². The Labute approximate surface area is 361 Å². The molecule has 5 amide bonds. The van der Waals surface area contributed by atoms with Gasteiger partial charge in [-0.2, -0.15) is 4.98 Å². The number of carbonyl (C=O) groups is 9. The van der Waals surface area contributed by atoms with E-state index in [2.05, 4.69) is 56.8 Å². The van der Waals surface area contributed by atoms with E-state index in [-0.39, 0.29) is 54.6 Å². The van der Waals surface area contributed by atoms with E-state index in [4.69, 9.17) is 22.3 Å². The number of rotatable bonds is 26. The number of nitrogens with two attached hydrogens (primary N) is 3. The number of amides is 5. The molecule has 0 unspecified atom stereocenters. The summed E-state index contributed by atoms with van der Waals surface area (Å²) >= 11 is 0. The zero-order valence-corrected chi connectivity index (χ0v) is 34.2. The van der Waals surface area contributed by atoms with E-state index in [1.54, 1.807) is 0 Å². The molecule has 0 aliphatic heterocycles. The molecule has 2 heterocycles. The van der Waals surface area contributed by atoms with Crippen LogP contribution in [0.2, 0.25) is 0 Å². The summed E-state index contributed by atoms with van der Waals surface area (Å²) < 4.78 is 0. The van der Waals surface area contributed by atoms with Crippen LogP contribution in [0.25, 0.3) is 11.2 Å². The molecule has 0 bridgehead atoms. The number of guanidine groups is 1. The average Bonchev–Trinajstić information content (AvgIpc) is 3.21. The Hall–Kier alpha value is -8.26. The molecule has 0 radical (unpaired) electrons. The number of carboxylic acids is 3. The highest BCUT2D eigenvalue weighted by Crippen LogP contribution is 2.13. The molecule has 0 spiro atoms. The van der Waals surface area contributed by atoms with Gasteiger partial charge in [0.2, 0.25) is 29.6 Å². The molecular formula is C37H48N14O13. The number of aliphatic carboxylic acids is 3. The molecule has 5 atom stereocenters. The first-order valence-corrected chi connectivity index (χ1v) is 19.3. The van der Waals surface area contributed by atoms with E-state index in [0.29, 0.717) is 17.7 Å². The van der Waals surface area contributed by atoms with Gasteiger partial charge in [0.25, 0.3) is 11.5 Å². The van der Waals surface area contributed by atoms with Gasteiger partial charge in [-0.15, -0.1) is 0 Å². The van der Waals surface area contributed by atoms with Gasteiger partial charge in [-0.3, -0.25) is 48.3 Å². The third-order valence-corrected chi connectivity index (χ3v) is 8.81. The number of carbonyl (C=O) groups excluding carboxylic acids is 6. The van der Waals surface area contributed by atoms with E-state index in [1.165, 1.54) is 37.4 Å². The second kappa shape index (κ2) is 24.3. The Bertz CT molecular complexity index is 2300. The largest absolute Gasteiger partial charge is 0.481 e. The fourth-order valence-electron chi connectivity index (χ4n) is 5.71. The van der Waals surface area contributed by atoms with Crippen LogP contribution in [-0.4, -0.2) is 132 Å². The van der Waals surface area contributed by atoms with Gasteiger partial charge in [-0.1, -0.05) is 0 Å². The first-order chi connectivity index (χ1) is 30.3. The lowest BCUT2D eigenvalue weighted by Gasteiger charge is -2.25. The predicted octanol–water partition coefficient (Wildman–Crippen LogP) is -3.58. The Morgan fingerprint density at radius 1 is 0.812 bits per heavy atom. The number of aromatic amines is 1. The number of carboxylic acid groups (broad SMARTS) is 3. The lowest BCUT2D eigenvalue weighted by atomic mass is 10.1. The number of hydrogen-bond donors (Lipinski definition) is 13. The summed E-state index contributed by atoms with van der Waals surface area (Å²) in [7, 11) is 0. The molecule has 0 saturated heterocycles. The summed E-state index contributed by atoms with van der Waals surface area (Å²) in [5.41, 5.74) is 16.7. The molecule has 1 aromatic carbocycles. The molecule has 16 N–H and O–H groups in total. The maximum absolute atomic E-state index is 13.4. The number of aldehydes is 1. The Balaban J connectivity index is 1.62. The molecule has 0 fully saturated rings. The molecule has 3 aromatic rings. The molecule has 2 aromatic heterocycles. The van der Waals surface area contributed by atoms with Gasteiger partial charge in [0, 0.05) is 36.7 Å². The highest BCUT2D eigenvalue weighted by molar-refractivity contribution is 5.98. The molecule has 344 valence electrons. The zero-order chi connectivity index (χ0) is 47.5. The van der Waals surface area contributed by atoms with Gasteiger partial charge < -0.3 is 69.2 Å². The van der Waals surface area contributed by atoms with Crippen molar-refractivity contribution in [3.8, 4) is 0 Å². The minimum atomic E-state index is -1.72. The van der Waals surface area contributed by atoms with Crippen molar-refractivity contribution >= 4 is 82.5 Å². The van der Waals surface area contributed by atoms with Crippen LogP contribution >= 0.6 is 0 Å². The lowest BCUT2D eigenvalue weighted by molar-refractivity contribution is -0.142. The van der Waals surface area contributed by atoms with E-state index in [9.17, 15) is 58.2 Å². The smallest absolute Gasteiger partial charge is 0.326 e. The fraction of sp³-hybridized carbons (Fsp3) is 0.405. The Kier molecular flexibility index (Phi) is 19.0. The molecule has 0 aliphatic carbocycles. The Morgan fingerprint density at radius 3 is 2.08 bits per heavy atom. The molecule has 27 heteroatoms. The summed E-state index contributed by atoms with van der Waals surface area (Å²) in [4.78, 5) is 142. The van der Waals surface area contributed by atoms with Crippen LogP contribution in [-0.2, 0) is 44.9 Å². The van der Waals surface area contributed by atoms with Crippen molar-refractivity contribution in [3.05, 3.63) is 52.1 Å². The topological polar surface area (TPSA) is 448 Å². The summed E-state index contributed by atoms with van der Waals surface area (Å²) in [6, 6.07) is -1.55. The number of nitrogen functional groups attached to an aromatic ring is 1. The molecular weight excluding hydrogens is 848 g/mol. The van der Waals surface area contributed by atoms with Crippen molar-refractivity contribution < 1.29 is 58.5 Å². The fourth-order valence-corrected chi connectivity index (χ4v) is 5.71. The zero-order valence-electron chi connectivity index (χ0n) is 34.2. The van der Waals surface area contributed by atoms with Crippen LogP contribution in [0.5, 0.6) is 0 Å². The molecule has 3 rings (SSSR count). The first-order valence-electron chi connectivity index (χ1n) is 19.3. The van der Waals surface area contributed by atoms with E-state index in [1.807, 2.05) is 0 Å². The van der Waals surface area contributed by atoms with Crippen molar-refractivity contribution in [2.45, 2.75) is 88.6 Å². The standard InChI is InChI=1S/C37H48N14O13/c1-17(13-26(54)55)44-33(61)24(14-27(56)57)49-31(59)21(3-2-11-41-36(38)39)47-32(60)22(10-12-52)46-25(53)9-8-23(35(63)64)48-30(58)18-4-6-19(7-5-18)42-15-20-16-43-29-28(45-20)34(62)51-37(40)50-29/h4-7,12,16-17,21-24,42H,2-3,8-11,13-15H2,1H3,(H,44,61)(H,46,53)(H,47,60)(H,48,58)(H,49,59)(H,54,55)(H,56,57)(H,63,64)(H4,38,39,41)(H3,40,43,50,51,62)/t17-,21+,22+,23+,24+/m1/s1. The highest BCUT2D eigenvalue weighted by atomic mass is 16.4.